The van der Waals surface area contributed by atoms with Crippen LogP contribution in [0.2, 0.25) is 0 Å². The number of carbonyl (C=O) groups is 1. The third kappa shape index (κ3) is 1.84. The first-order valence-electron chi connectivity index (χ1n) is 4.48. The molecule has 0 heterocycles. The van der Waals surface area contributed by atoms with E-state index in [0.717, 1.165) is 12.8 Å². The lowest BCUT2D eigenvalue weighted by molar-refractivity contribution is -0.157. The number of nitrogens with two attached hydrogens (primary N) is 1. The molecule has 0 aromatic carbocycles. The molecule has 1 aliphatic rings. The van der Waals surface area contributed by atoms with Crippen molar-refractivity contribution < 1.29 is 14.3 Å². The highest BCUT2D eigenvalue weighted by Gasteiger charge is 2.51. The van der Waals surface area contributed by atoms with Crippen LogP contribution in [-0.2, 0) is 14.3 Å². The van der Waals surface area contributed by atoms with E-state index in [1.54, 1.807) is 7.11 Å². The van der Waals surface area contributed by atoms with Crippen LogP contribution in [0.4, 0.5) is 0 Å². The Bertz CT molecular complexity index is 191. The van der Waals surface area contributed by atoms with Gasteiger partial charge in [-0.2, -0.15) is 0 Å². The smallest absolute Gasteiger partial charge is 0.315 e. The van der Waals surface area contributed by atoms with Gasteiger partial charge in [0.2, 0.25) is 0 Å². The van der Waals surface area contributed by atoms with Gasteiger partial charge in [-0.3, -0.25) is 4.79 Å². The third-order valence-electron chi connectivity index (χ3n) is 2.72. The van der Waals surface area contributed by atoms with Gasteiger partial charge in [-0.1, -0.05) is 0 Å². The zero-order chi connectivity index (χ0) is 9.90. The van der Waals surface area contributed by atoms with Crippen molar-refractivity contribution in [3.63, 3.8) is 0 Å². The molecule has 0 aromatic heterocycles. The average molecular weight is 187 g/mol. The SMILES string of the molecule is COCC(CN)(C(=O)OC)C1CC1. The third-order valence-corrected chi connectivity index (χ3v) is 2.72. The fraction of sp³-hybridized carbons (Fsp3) is 0.889. The zero-order valence-corrected chi connectivity index (χ0v) is 8.21. The molecule has 1 unspecified atom stereocenters. The van der Waals surface area contributed by atoms with Crippen molar-refractivity contribution in [2.24, 2.45) is 17.1 Å². The largest absolute Gasteiger partial charge is 0.468 e. The van der Waals surface area contributed by atoms with E-state index in [1.165, 1.54) is 7.11 Å². The maximum absolute atomic E-state index is 11.6. The predicted molar refractivity (Wildman–Crippen MR) is 48.1 cm³/mol. The Kier molecular flexibility index (Phi) is 3.27. The molecule has 1 aliphatic carbocycles. The summed E-state index contributed by atoms with van der Waals surface area (Å²) in [5.74, 6) is 0.115. The molecular weight excluding hydrogens is 170 g/mol. The molecule has 0 radical (unpaired) electrons. The van der Waals surface area contributed by atoms with Gasteiger partial charge >= 0.3 is 5.97 Å². The van der Waals surface area contributed by atoms with Crippen LogP contribution in [0.25, 0.3) is 0 Å². The van der Waals surface area contributed by atoms with E-state index in [4.69, 9.17) is 15.2 Å². The highest BCUT2D eigenvalue weighted by molar-refractivity contribution is 5.78. The molecule has 76 valence electrons. The Labute approximate surface area is 78.4 Å². The van der Waals surface area contributed by atoms with Gasteiger partial charge in [0, 0.05) is 13.7 Å². The lowest BCUT2D eigenvalue weighted by Crippen LogP contribution is -2.45. The van der Waals surface area contributed by atoms with Crippen LogP contribution in [-0.4, -0.2) is 33.3 Å². The fourth-order valence-electron chi connectivity index (χ4n) is 1.75. The molecule has 13 heavy (non-hydrogen) atoms. The summed E-state index contributed by atoms with van der Waals surface area (Å²) in [7, 11) is 2.97. The predicted octanol–water partition coefficient (Wildman–Crippen LogP) is 0.161. The van der Waals surface area contributed by atoms with Crippen molar-refractivity contribution in [2.45, 2.75) is 12.8 Å². The first-order valence-corrected chi connectivity index (χ1v) is 4.48. The van der Waals surface area contributed by atoms with E-state index in [0.29, 0.717) is 19.1 Å². The second-order valence-corrected chi connectivity index (χ2v) is 3.56. The second-order valence-electron chi connectivity index (χ2n) is 3.56. The topological polar surface area (TPSA) is 61.5 Å². The Morgan fingerprint density at radius 1 is 1.54 bits per heavy atom. The zero-order valence-electron chi connectivity index (χ0n) is 8.21. The van der Waals surface area contributed by atoms with Crippen LogP contribution in [0.5, 0.6) is 0 Å². The molecular formula is C9H17NO3. The quantitative estimate of drug-likeness (QED) is 0.623. The molecule has 1 fully saturated rings. The van der Waals surface area contributed by atoms with Crippen LogP contribution in [0, 0.1) is 11.3 Å². The van der Waals surface area contributed by atoms with Crippen LogP contribution < -0.4 is 5.73 Å². The minimum Gasteiger partial charge on any atom is -0.468 e. The molecule has 0 aliphatic heterocycles. The number of ether oxygens (including phenoxy) is 2. The molecule has 0 saturated heterocycles. The molecule has 4 nitrogen and oxygen atoms in total. The molecule has 0 aromatic rings. The minimum atomic E-state index is -0.594. The van der Waals surface area contributed by atoms with E-state index in [1.807, 2.05) is 0 Å². The van der Waals surface area contributed by atoms with Gasteiger partial charge in [0.1, 0.15) is 5.41 Å². The van der Waals surface area contributed by atoms with Gasteiger partial charge < -0.3 is 15.2 Å². The van der Waals surface area contributed by atoms with Crippen LogP contribution in [0.3, 0.4) is 0 Å². The summed E-state index contributed by atoms with van der Waals surface area (Å²) in [5, 5.41) is 0. The van der Waals surface area contributed by atoms with Crippen LogP contribution >= 0.6 is 0 Å². The van der Waals surface area contributed by atoms with Crippen LogP contribution in [0.15, 0.2) is 0 Å². The van der Waals surface area contributed by atoms with E-state index in [2.05, 4.69) is 0 Å². The summed E-state index contributed by atoms with van der Waals surface area (Å²) in [6.07, 6.45) is 2.10. The van der Waals surface area contributed by atoms with E-state index in [9.17, 15) is 4.79 Å². The number of hydrogen-bond donors (Lipinski definition) is 1. The Balaban J connectivity index is 2.74. The fourth-order valence-corrected chi connectivity index (χ4v) is 1.75. The van der Waals surface area contributed by atoms with Gasteiger partial charge in [0.25, 0.3) is 0 Å². The van der Waals surface area contributed by atoms with Crippen molar-refractivity contribution in [2.75, 3.05) is 27.4 Å². The summed E-state index contributed by atoms with van der Waals surface area (Å²) >= 11 is 0. The van der Waals surface area contributed by atoms with Gasteiger partial charge in [-0.25, -0.2) is 0 Å². The van der Waals surface area contributed by atoms with Gasteiger partial charge in [-0.05, 0) is 18.8 Å². The molecule has 1 saturated carbocycles. The second kappa shape index (κ2) is 4.07. The Morgan fingerprint density at radius 2 is 2.15 bits per heavy atom. The molecule has 4 heteroatoms. The lowest BCUT2D eigenvalue weighted by atomic mass is 9.83. The maximum Gasteiger partial charge on any atom is 0.315 e. The first-order chi connectivity index (χ1) is 6.21. The molecule has 0 bridgehead atoms. The number of hydrogen-bond acceptors (Lipinski definition) is 4. The summed E-state index contributed by atoms with van der Waals surface area (Å²) in [6.45, 7) is 0.666. The molecule has 1 atom stereocenters. The summed E-state index contributed by atoms with van der Waals surface area (Å²) in [4.78, 5) is 11.6. The van der Waals surface area contributed by atoms with E-state index in [-0.39, 0.29) is 5.97 Å². The molecule has 1 rings (SSSR count). The Morgan fingerprint density at radius 3 is 2.46 bits per heavy atom. The van der Waals surface area contributed by atoms with Crippen molar-refractivity contribution in [1.29, 1.82) is 0 Å². The number of carbonyl (C=O) groups excluding carboxylic acids is 1. The lowest BCUT2D eigenvalue weighted by Gasteiger charge is -2.28. The van der Waals surface area contributed by atoms with Gasteiger partial charge in [0.05, 0.1) is 13.7 Å². The highest BCUT2D eigenvalue weighted by Crippen LogP contribution is 2.46. The standard InChI is InChI=1S/C9H17NO3/c1-12-6-9(5-10,7-3-4-7)8(11)13-2/h7H,3-6,10H2,1-2H3. The normalized spacial score (nSPS) is 20.8. The molecule has 2 N–H and O–H groups in total. The summed E-state index contributed by atoms with van der Waals surface area (Å²) < 4.78 is 9.80. The van der Waals surface area contributed by atoms with Crippen molar-refractivity contribution in [3.05, 3.63) is 0 Å². The van der Waals surface area contributed by atoms with E-state index < -0.39 is 5.41 Å². The number of rotatable bonds is 5. The summed E-state index contributed by atoms with van der Waals surface area (Å²) in [6, 6.07) is 0. The molecule has 0 amide bonds. The molecule has 0 spiro atoms. The van der Waals surface area contributed by atoms with Crippen molar-refractivity contribution >= 4 is 5.97 Å². The van der Waals surface area contributed by atoms with Crippen molar-refractivity contribution in [3.8, 4) is 0 Å². The Hall–Kier alpha value is -0.610. The van der Waals surface area contributed by atoms with E-state index >= 15 is 0 Å². The van der Waals surface area contributed by atoms with Crippen LogP contribution in [0.1, 0.15) is 12.8 Å². The number of methoxy groups -OCH3 is 2. The average Bonchev–Trinajstić information content (AvgIpc) is 2.96. The van der Waals surface area contributed by atoms with Gasteiger partial charge in [0.15, 0.2) is 0 Å². The first kappa shape index (κ1) is 10.5. The highest BCUT2D eigenvalue weighted by atomic mass is 16.5. The maximum atomic E-state index is 11.6. The number of esters is 1. The van der Waals surface area contributed by atoms with Gasteiger partial charge in [-0.15, -0.1) is 0 Å². The monoisotopic (exact) mass is 187 g/mol. The van der Waals surface area contributed by atoms with Crippen molar-refractivity contribution in [1.82, 2.24) is 0 Å². The minimum absolute atomic E-state index is 0.237. The summed E-state index contributed by atoms with van der Waals surface area (Å²) in [5.41, 5.74) is 5.04.